The quantitative estimate of drug-likeness (QED) is 0.881. The number of benzene rings is 1. The summed E-state index contributed by atoms with van der Waals surface area (Å²) in [7, 11) is 1.97. The van der Waals surface area contributed by atoms with Gasteiger partial charge in [0.2, 0.25) is 0 Å². The second-order valence-electron chi connectivity index (χ2n) is 5.56. The van der Waals surface area contributed by atoms with Gasteiger partial charge in [-0.25, -0.2) is 4.39 Å². The fourth-order valence-corrected chi connectivity index (χ4v) is 3.16. The average molecular weight is 261 g/mol. The van der Waals surface area contributed by atoms with Crippen LogP contribution in [0.2, 0.25) is 0 Å². The van der Waals surface area contributed by atoms with Crippen molar-refractivity contribution < 1.29 is 8.81 Å². The fourth-order valence-electron chi connectivity index (χ4n) is 3.16. The molecule has 1 heterocycles. The molecule has 3 rings (SSSR count). The molecule has 0 saturated heterocycles. The van der Waals surface area contributed by atoms with Crippen LogP contribution in [0.1, 0.15) is 43.9 Å². The van der Waals surface area contributed by atoms with Gasteiger partial charge in [0.1, 0.15) is 17.2 Å². The zero-order valence-corrected chi connectivity index (χ0v) is 11.3. The SMILES string of the molecule is CNC(CC1CCCC1)c1cc2cc(F)ccc2o1. The number of furan rings is 1. The van der Waals surface area contributed by atoms with E-state index in [-0.39, 0.29) is 11.9 Å². The van der Waals surface area contributed by atoms with E-state index < -0.39 is 0 Å². The van der Waals surface area contributed by atoms with Crippen molar-refractivity contribution in [2.45, 2.75) is 38.1 Å². The minimum absolute atomic E-state index is 0.211. The molecular formula is C16H20FNO. The standard InChI is InChI=1S/C16H20FNO/c1-18-14(8-11-4-2-3-5-11)16-10-12-9-13(17)6-7-15(12)19-16/h6-7,9-11,14,18H,2-5,8H2,1H3. The monoisotopic (exact) mass is 261 g/mol. The largest absolute Gasteiger partial charge is 0.459 e. The molecule has 0 spiro atoms. The van der Waals surface area contributed by atoms with Crippen molar-refractivity contribution in [1.82, 2.24) is 5.32 Å². The summed E-state index contributed by atoms with van der Waals surface area (Å²) in [4.78, 5) is 0. The molecule has 1 saturated carbocycles. The Labute approximate surface area is 113 Å². The van der Waals surface area contributed by atoms with Crippen molar-refractivity contribution >= 4 is 11.0 Å². The van der Waals surface area contributed by atoms with Crippen LogP contribution in [0.4, 0.5) is 4.39 Å². The van der Waals surface area contributed by atoms with Gasteiger partial charge in [0.15, 0.2) is 0 Å². The van der Waals surface area contributed by atoms with Crippen LogP contribution in [0.5, 0.6) is 0 Å². The highest BCUT2D eigenvalue weighted by Crippen LogP contribution is 2.34. The maximum Gasteiger partial charge on any atom is 0.134 e. The summed E-state index contributed by atoms with van der Waals surface area (Å²) in [5.41, 5.74) is 0.767. The van der Waals surface area contributed by atoms with Crippen molar-refractivity contribution in [3.63, 3.8) is 0 Å². The molecular weight excluding hydrogens is 241 g/mol. The normalized spacial score (nSPS) is 18.2. The third kappa shape index (κ3) is 2.66. The summed E-state index contributed by atoms with van der Waals surface area (Å²) in [6.45, 7) is 0. The summed E-state index contributed by atoms with van der Waals surface area (Å²) in [5.74, 6) is 1.51. The van der Waals surface area contributed by atoms with Crippen molar-refractivity contribution in [2.75, 3.05) is 7.05 Å². The number of halogens is 1. The van der Waals surface area contributed by atoms with Gasteiger partial charge in [-0.2, -0.15) is 0 Å². The van der Waals surface area contributed by atoms with Crippen LogP contribution in [0.25, 0.3) is 11.0 Å². The van der Waals surface area contributed by atoms with Gasteiger partial charge in [-0.1, -0.05) is 25.7 Å². The van der Waals surface area contributed by atoms with Crippen LogP contribution >= 0.6 is 0 Å². The molecule has 1 aromatic carbocycles. The van der Waals surface area contributed by atoms with Gasteiger partial charge in [0.25, 0.3) is 0 Å². The molecule has 1 fully saturated rings. The zero-order chi connectivity index (χ0) is 13.2. The number of hydrogen-bond acceptors (Lipinski definition) is 2. The van der Waals surface area contributed by atoms with E-state index in [2.05, 4.69) is 5.32 Å². The summed E-state index contributed by atoms with van der Waals surface area (Å²) in [6, 6.07) is 6.88. The van der Waals surface area contributed by atoms with E-state index in [0.29, 0.717) is 0 Å². The Bertz CT molecular complexity index is 557. The molecule has 1 atom stereocenters. The van der Waals surface area contributed by atoms with E-state index in [1.54, 1.807) is 6.07 Å². The van der Waals surface area contributed by atoms with E-state index in [1.165, 1.54) is 37.8 Å². The predicted octanol–water partition coefficient (Wildman–Crippen LogP) is 4.41. The van der Waals surface area contributed by atoms with E-state index in [0.717, 1.165) is 29.1 Å². The predicted molar refractivity (Wildman–Crippen MR) is 74.5 cm³/mol. The topological polar surface area (TPSA) is 25.2 Å². The Morgan fingerprint density at radius 3 is 2.84 bits per heavy atom. The van der Waals surface area contributed by atoms with E-state index in [1.807, 2.05) is 13.1 Å². The Morgan fingerprint density at radius 2 is 2.11 bits per heavy atom. The first kappa shape index (κ1) is 12.7. The van der Waals surface area contributed by atoms with Crippen LogP contribution in [0.15, 0.2) is 28.7 Å². The van der Waals surface area contributed by atoms with Crippen LogP contribution < -0.4 is 5.32 Å². The van der Waals surface area contributed by atoms with Gasteiger partial charge in [-0.3, -0.25) is 0 Å². The molecule has 3 heteroatoms. The lowest BCUT2D eigenvalue weighted by Crippen LogP contribution is -2.18. The molecule has 102 valence electrons. The zero-order valence-electron chi connectivity index (χ0n) is 11.3. The first-order chi connectivity index (χ1) is 9.26. The second kappa shape index (κ2) is 5.33. The van der Waals surface area contributed by atoms with Crippen LogP contribution in [0.3, 0.4) is 0 Å². The lowest BCUT2D eigenvalue weighted by molar-refractivity contribution is 0.365. The molecule has 1 unspecified atom stereocenters. The Balaban J connectivity index is 1.83. The van der Waals surface area contributed by atoms with Crippen molar-refractivity contribution in [1.29, 1.82) is 0 Å². The number of nitrogens with one attached hydrogen (secondary N) is 1. The third-order valence-corrected chi connectivity index (χ3v) is 4.23. The van der Waals surface area contributed by atoms with Crippen LogP contribution in [0, 0.1) is 11.7 Å². The molecule has 2 nitrogen and oxygen atoms in total. The number of rotatable bonds is 4. The van der Waals surface area contributed by atoms with Crippen LogP contribution in [-0.4, -0.2) is 7.05 Å². The molecule has 1 aliphatic carbocycles. The lowest BCUT2D eigenvalue weighted by Gasteiger charge is -2.17. The highest BCUT2D eigenvalue weighted by atomic mass is 19.1. The van der Waals surface area contributed by atoms with E-state index in [9.17, 15) is 4.39 Å². The minimum atomic E-state index is -0.211. The molecule has 2 aromatic rings. The maximum absolute atomic E-state index is 13.2. The first-order valence-corrected chi connectivity index (χ1v) is 7.12. The van der Waals surface area contributed by atoms with Gasteiger partial charge in [-0.15, -0.1) is 0 Å². The highest BCUT2D eigenvalue weighted by Gasteiger charge is 2.22. The molecule has 19 heavy (non-hydrogen) atoms. The minimum Gasteiger partial charge on any atom is -0.459 e. The van der Waals surface area contributed by atoms with Gasteiger partial charge >= 0.3 is 0 Å². The smallest absolute Gasteiger partial charge is 0.134 e. The second-order valence-corrected chi connectivity index (χ2v) is 5.56. The maximum atomic E-state index is 13.2. The van der Waals surface area contributed by atoms with Crippen LogP contribution in [-0.2, 0) is 0 Å². The van der Waals surface area contributed by atoms with Crippen molar-refractivity contribution in [3.05, 3.63) is 35.8 Å². The summed E-state index contributed by atoms with van der Waals surface area (Å²) < 4.78 is 19.1. The van der Waals surface area contributed by atoms with Gasteiger partial charge < -0.3 is 9.73 Å². The van der Waals surface area contributed by atoms with Crippen molar-refractivity contribution in [3.8, 4) is 0 Å². The van der Waals surface area contributed by atoms with Gasteiger partial charge in [0, 0.05) is 5.39 Å². The average Bonchev–Trinajstić information content (AvgIpc) is 3.03. The highest BCUT2D eigenvalue weighted by molar-refractivity contribution is 5.78. The molecule has 0 aliphatic heterocycles. The molecule has 0 amide bonds. The van der Waals surface area contributed by atoms with Gasteiger partial charge in [0.05, 0.1) is 6.04 Å². The summed E-state index contributed by atoms with van der Waals surface area (Å²) in [5, 5.41) is 4.18. The van der Waals surface area contributed by atoms with Gasteiger partial charge in [-0.05, 0) is 43.7 Å². The lowest BCUT2D eigenvalue weighted by atomic mass is 9.97. The molecule has 0 bridgehead atoms. The Hall–Kier alpha value is -1.35. The van der Waals surface area contributed by atoms with E-state index >= 15 is 0 Å². The number of fused-ring (bicyclic) bond motifs is 1. The Morgan fingerprint density at radius 1 is 1.32 bits per heavy atom. The molecule has 1 aliphatic rings. The molecule has 1 N–H and O–H groups in total. The summed E-state index contributed by atoms with van der Waals surface area (Å²) in [6.07, 6.45) is 6.47. The third-order valence-electron chi connectivity index (χ3n) is 4.23. The Kier molecular flexibility index (Phi) is 3.56. The number of hydrogen-bond donors (Lipinski definition) is 1. The molecule has 1 aromatic heterocycles. The first-order valence-electron chi connectivity index (χ1n) is 7.12. The fraction of sp³-hybridized carbons (Fsp3) is 0.500. The van der Waals surface area contributed by atoms with Crippen molar-refractivity contribution in [2.24, 2.45) is 5.92 Å². The summed E-state index contributed by atoms with van der Waals surface area (Å²) >= 11 is 0. The molecule has 0 radical (unpaired) electrons. The van der Waals surface area contributed by atoms with E-state index in [4.69, 9.17) is 4.42 Å².